The van der Waals surface area contributed by atoms with Crippen molar-refractivity contribution in [3.8, 4) is 22.5 Å². The van der Waals surface area contributed by atoms with Crippen LogP contribution in [0.1, 0.15) is 5.56 Å². The van der Waals surface area contributed by atoms with Gasteiger partial charge in [0.1, 0.15) is 0 Å². The molecule has 0 amide bonds. The maximum Gasteiger partial charge on any atom is 0.221 e. The minimum atomic E-state index is 0.281. The van der Waals surface area contributed by atoms with Crippen LogP contribution >= 0.6 is 15.9 Å². The molecule has 0 radical (unpaired) electrons. The highest BCUT2D eigenvalue weighted by Crippen LogP contribution is 2.26. The highest BCUT2D eigenvalue weighted by Gasteiger charge is 2.07. The molecule has 0 fully saturated rings. The van der Waals surface area contributed by atoms with Crippen molar-refractivity contribution in [2.24, 2.45) is 0 Å². The van der Waals surface area contributed by atoms with E-state index in [9.17, 15) is 0 Å². The highest BCUT2D eigenvalue weighted by molar-refractivity contribution is 9.10. The van der Waals surface area contributed by atoms with E-state index >= 15 is 0 Å². The molecular weight excluding hydrogens is 326 g/mol. The average molecular weight is 340 g/mol. The third-order valence-corrected chi connectivity index (χ3v) is 3.67. The molecular formula is C17H14BrN3. The Hall–Kier alpha value is -2.20. The first-order valence-corrected chi connectivity index (χ1v) is 7.39. The van der Waals surface area contributed by atoms with Crippen LogP contribution in [0.4, 0.5) is 5.95 Å². The number of anilines is 1. The Kier molecular flexibility index (Phi) is 3.71. The van der Waals surface area contributed by atoms with Crippen LogP contribution in [0.2, 0.25) is 0 Å². The number of benzene rings is 2. The third kappa shape index (κ3) is 3.11. The van der Waals surface area contributed by atoms with Crippen LogP contribution in [-0.4, -0.2) is 9.97 Å². The zero-order valence-electron chi connectivity index (χ0n) is 11.5. The van der Waals surface area contributed by atoms with Gasteiger partial charge in [-0.1, -0.05) is 51.8 Å². The van der Waals surface area contributed by atoms with Crippen molar-refractivity contribution in [3.63, 3.8) is 0 Å². The monoisotopic (exact) mass is 339 g/mol. The van der Waals surface area contributed by atoms with Crippen molar-refractivity contribution >= 4 is 21.9 Å². The maximum atomic E-state index is 5.88. The molecule has 0 aliphatic rings. The molecule has 0 bridgehead atoms. The molecule has 0 aliphatic heterocycles. The summed E-state index contributed by atoms with van der Waals surface area (Å²) in [5, 5.41) is 0. The van der Waals surface area contributed by atoms with Crippen LogP contribution in [0.15, 0.2) is 59.1 Å². The van der Waals surface area contributed by atoms with Gasteiger partial charge in [0, 0.05) is 15.6 Å². The molecule has 21 heavy (non-hydrogen) atoms. The zero-order valence-corrected chi connectivity index (χ0v) is 13.1. The lowest BCUT2D eigenvalue weighted by Gasteiger charge is -2.07. The molecule has 3 nitrogen and oxygen atoms in total. The van der Waals surface area contributed by atoms with Gasteiger partial charge in [0.15, 0.2) is 0 Å². The second-order valence-electron chi connectivity index (χ2n) is 4.88. The van der Waals surface area contributed by atoms with Crippen LogP contribution in [-0.2, 0) is 0 Å². The Labute approximate surface area is 132 Å². The predicted molar refractivity (Wildman–Crippen MR) is 89.8 cm³/mol. The second-order valence-corrected chi connectivity index (χ2v) is 5.79. The number of hydrogen-bond donors (Lipinski definition) is 1. The third-order valence-electron chi connectivity index (χ3n) is 3.18. The average Bonchev–Trinajstić information content (AvgIpc) is 2.46. The Morgan fingerprint density at radius 2 is 1.48 bits per heavy atom. The van der Waals surface area contributed by atoms with Crippen LogP contribution in [0.5, 0.6) is 0 Å². The number of hydrogen-bond acceptors (Lipinski definition) is 3. The van der Waals surface area contributed by atoms with Gasteiger partial charge in [-0.05, 0) is 31.2 Å². The quantitative estimate of drug-likeness (QED) is 0.749. The van der Waals surface area contributed by atoms with E-state index in [1.165, 1.54) is 5.56 Å². The summed E-state index contributed by atoms with van der Waals surface area (Å²) in [4.78, 5) is 8.69. The fourth-order valence-electron chi connectivity index (χ4n) is 2.21. The van der Waals surface area contributed by atoms with Gasteiger partial charge in [-0.25, -0.2) is 9.97 Å². The molecule has 0 unspecified atom stereocenters. The maximum absolute atomic E-state index is 5.88. The Morgan fingerprint density at radius 1 is 0.857 bits per heavy atom. The molecule has 0 spiro atoms. The normalized spacial score (nSPS) is 10.6. The number of nitrogen functional groups attached to an aromatic ring is 1. The fourth-order valence-corrected chi connectivity index (χ4v) is 2.61. The topological polar surface area (TPSA) is 51.8 Å². The number of halogens is 1. The van der Waals surface area contributed by atoms with Gasteiger partial charge in [0.2, 0.25) is 5.95 Å². The number of rotatable bonds is 2. The van der Waals surface area contributed by atoms with Gasteiger partial charge in [-0.2, -0.15) is 0 Å². The van der Waals surface area contributed by atoms with Gasteiger partial charge in [0.05, 0.1) is 11.4 Å². The highest BCUT2D eigenvalue weighted by atomic mass is 79.9. The summed E-state index contributed by atoms with van der Waals surface area (Å²) in [5.41, 5.74) is 10.8. The molecule has 0 atom stereocenters. The summed E-state index contributed by atoms with van der Waals surface area (Å²) in [6.45, 7) is 2.06. The van der Waals surface area contributed by atoms with Crippen molar-refractivity contribution < 1.29 is 0 Å². The summed E-state index contributed by atoms with van der Waals surface area (Å²) < 4.78 is 1.01. The van der Waals surface area contributed by atoms with Crippen LogP contribution in [0.25, 0.3) is 22.5 Å². The van der Waals surface area contributed by atoms with Crippen LogP contribution in [0.3, 0.4) is 0 Å². The zero-order chi connectivity index (χ0) is 14.8. The van der Waals surface area contributed by atoms with E-state index in [4.69, 9.17) is 5.73 Å². The Balaban J connectivity index is 2.12. The largest absolute Gasteiger partial charge is 0.368 e. The first-order chi connectivity index (χ1) is 10.1. The summed E-state index contributed by atoms with van der Waals surface area (Å²) in [6.07, 6.45) is 0. The molecule has 1 heterocycles. The molecule has 4 heteroatoms. The van der Waals surface area contributed by atoms with E-state index in [2.05, 4.69) is 45.0 Å². The van der Waals surface area contributed by atoms with Crippen molar-refractivity contribution in [1.29, 1.82) is 0 Å². The molecule has 0 saturated heterocycles. The molecule has 0 aliphatic carbocycles. The minimum Gasteiger partial charge on any atom is -0.368 e. The van der Waals surface area contributed by atoms with Crippen LogP contribution < -0.4 is 5.73 Å². The SMILES string of the molecule is Cc1cccc(-c2cc(-c3cccc(Br)c3)nc(N)n2)c1. The molecule has 3 aromatic rings. The Bertz CT molecular complexity index is 736. The standard InChI is InChI=1S/C17H14BrN3/c1-11-4-2-5-12(8-11)15-10-16(21-17(19)20-15)13-6-3-7-14(18)9-13/h2-10H,1H3,(H2,19,20,21). The van der Waals surface area contributed by atoms with Crippen LogP contribution in [0, 0.1) is 6.92 Å². The van der Waals surface area contributed by atoms with Gasteiger partial charge < -0.3 is 5.73 Å². The van der Waals surface area contributed by atoms with Gasteiger partial charge >= 0.3 is 0 Å². The van der Waals surface area contributed by atoms with Crippen molar-refractivity contribution in [1.82, 2.24) is 9.97 Å². The molecule has 2 aromatic carbocycles. The van der Waals surface area contributed by atoms with E-state index in [1.54, 1.807) is 0 Å². The first-order valence-electron chi connectivity index (χ1n) is 6.59. The second kappa shape index (κ2) is 5.66. The van der Waals surface area contributed by atoms with Gasteiger partial charge in [0.25, 0.3) is 0 Å². The van der Waals surface area contributed by atoms with Crippen molar-refractivity contribution in [2.45, 2.75) is 6.92 Å². The summed E-state index contributed by atoms with van der Waals surface area (Å²) in [7, 11) is 0. The summed E-state index contributed by atoms with van der Waals surface area (Å²) in [6, 6.07) is 18.1. The van der Waals surface area contributed by atoms with E-state index in [-0.39, 0.29) is 5.95 Å². The van der Waals surface area contributed by atoms with E-state index in [0.717, 1.165) is 27.0 Å². The Morgan fingerprint density at radius 3 is 2.10 bits per heavy atom. The predicted octanol–water partition coefficient (Wildman–Crippen LogP) is 4.46. The lowest BCUT2D eigenvalue weighted by atomic mass is 10.1. The lowest BCUT2D eigenvalue weighted by molar-refractivity contribution is 1.19. The molecule has 1 aromatic heterocycles. The van der Waals surface area contributed by atoms with E-state index in [1.807, 2.05) is 42.5 Å². The minimum absolute atomic E-state index is 0.281. The molecule has 104 valence electrons. The number of aryl methyl sites for hydroxylation is 1. The molecule has 2 N–H and O–H groups in total. The molecule has 0 saturated carbocycles. The van der Waals surface area contributed by atoms with Gasteiger partial charge in [-0.3, -0.25) is 0 Å². The number of nitrogens with two attached hydrogens (primary N) is 1. The van der Waals surface area contributed by atoms with Crippen molar-refractivity contribution in [3.05, 3.63) is 64.6 Å². The first kappa shape index (κ1) is 13.8. The lowest BCUT2D eigenvalue weighted by Crippen LogP contribution is -1.98. The smallest absolute Gasteiger partial charge is 0.221 e. The summed E-state index contributed by atoms with van der Waals surface area (Å²) >= 11 is 3.48. The molecule has 3 rings (SSSR count). The summed E-state index contributed by atoms with van der Waals surface area (Å²) in [5.74, 6) is 0.281. The van der Waals surface area contributed by atoms with E-state index < -0.39 is 0 Å². The fraction of sp³-hybridized carbons (Fsp3) is 0.0588. The van der Waals surface area contributed by atoms with Crippen molar-refractivity contribution in [2.75, 3.05) is 5.73 Å². The number of aromatic nitrogens is 2. The van der Waals surface area contributed by atoms with E-state index in [0.29, 0.717) is 0 Å². The number of nitrogens with zero attached hydrogens (tertiary/aromatic N) is 2. The van der Waals surface area contributed by atoms with Gasteiger partial charge in [-0.15, -0.1) is 0 Å².